The molecule has 3 N–H and O–H groups in total. The molecule has 2 aromatic rings. The molecule has 0 radical (unpaired) electrons. The van der Waals surface area contributed by atoms with Gasteiger partial charge in [-0.1, -0.05) is 11.6 Å². The van der Waals surface area contributed by atoms with Gasteiger partial charge in [-0.2, -0.15) is 0 Å². The van der Waals surface area contributed by atoms with Crippen molar-refractivity contribution in [1.29, 1.82) is 0 Å². The number of cyclic esters (lactones) is 1. The van der Waals surface area contributed by atoms with E-state index in [2.05, 4.69) is 5.32 Å². The number of ether oxygens (including phenoxy) is 2. The molecule has 0 bridgehead atoms. The van der Waals surface area contributed by atoms with Crippen molar-refractivity contribution >= 4 is 52.2 Å². The highest BCUT2D eigenvalue weighted by Crippen LogP contribution is 2.41. The first-order chi connectivity index (χ1) is 14.9. The molecule has 9 nitrogen and oxygen atoms in total. The van der Waals surface area contributed by atoms with E-state index in [0.717, 1.165) is 0 Å². The summed E-state index contributed by atoms with van der Waals surface area (Å²) in [5, 5.41) is 2.78. The van der Waals surface area contributed by atoms with Crippen LogP contribution in [0.1, 0.15) is 16.1 Å². The van der Waals surface area contributed by atoms with Crippen LogP contribution >= 0.6 is 22.9 Å². The molecule has 4 heterocycles. The second kappa shape index (κ2) is 7.70. The Morgan fingerprint density at radius 2 is 2.13 bits per heavy atom. The maximum absolute atomic E-state index is 12.6. The second-order valence-corrected chi connectivity index (χ2v) is 9.24. The van der Waals surface area contributed by atoms with Crippen LogP contribution in [0.2, 0.25) is 4.34 Å². The zero-order valence-electron chi connectivity index (χ0n) is 16.2. The van der Waals surface area contributed by atoms with Gasteiger partial charge in [-0.3, -0.25) is 14.5 Å². The fourth-order valence-electron chi connectivity index (χ4n) is 4.04. The van der Waals surface area contributed by atoms with E-state index in [1.54, 1.807) is 40.1 Å². The molecule has 1 aromatic carbocycles. The van der Waals surface area contributed by atoms with Crippen molar-refractivity contribution in [3.8, 4) is 5.75 Å². The Hall–Kier alpha value is -2.82. The molecule has 3 aliphatic rings. The van der Waals surface area contributed by atoms with Crippen LogP contribution in [0.3, 0.4) is 0 Å². The van der Waals surface area contributed by atoms with Crippen LogP contribution < -0.4 is 25.6 Å². The van der Waals surface area contributed by atoms with E-state index in [1.807, 2.05) is 0 Å². The summed E-state index contributed by atoms with van der Waals surface area (Å²) in [6, 6.07) is 7.68. The summed E-state index contributed by atoms with van der Waals surface area (Å²) in [4.78, 5) is 40.7. The van der Waals surface area contributed by atoms with E-state index in [0.29, 0.717) is 39.3 Å². The van der Waals surface area contributed by atoms with Crippen molar-refractivity contribution < 1.29 is 23.9 Å². The highest BCUT2D eigenvalue weighted by atomic mass is 35.5. The number of amides is 3. The number of benzene rings is 1. The van der Waals surface area contributed by atoms with Gasteiger partial charge < -0.3 is 25.4 Å². The van der Waals surface area contributed by atoms with Gasteiger partial charge in [0, 0.05) is 18.3 Å². The molecule has 1 unspecified atom stereocenters. The quantitative estimate of drug-likeness (QED) is 0.718. The monoisotopic (exact) mass is 462 g/mol. The number of rotatable bonds is 4. The van der Waals surface area contributed by atoms with Gasteiger partial charge in [0.25, 0.3) is 5.91 Å². The SMILES string of the molecule is NC1CCN(c2ccc3c(c2)OC[C@H]2[C@H](CNC(=O)c4ccc(Cl)s4)OC(=O)N32)C1=O. The average Bonchev–Trinajstić information content (AvgIpc) is 3.44. The zero-order valence-corrected chi connectivity index (χ0v) is 17.8. The lowest BCUT2D eigenvalue weighted by Crippen LogP contribution is -2.47. The molecule has 31 heavy (non-hydrogen) atoms. The topological polar surface area (TPSA) is 114 Å². The number of halogens is 1. The molecule has 2 fully saturated rings. The van der Waals surface area contributed by atoms with Gasteiger partial charge in [0.2, 0.25) is 5.91 Å². The predicted molar refractivity (Wildman–Crippen MR) is 115 cm³/mol. The van der Waals surface area contributed by atoms with Crippen LogP contribution in [-0.4, -0.2) is 55.8 Å². The van der Waals surface area contributed by atoms with Crippen molar-refractivity contribution in [2.24, 2.45) is 5.73 Å². The lowest BCUT2D eigenvalue weighted by atomic mass is 10.1. The second-order valence-electron chi connectivity index (χ2n) is 7.52. The van der Waals surface area contributed by atoms with Gasteiger partial charge in [0.15, 0.2) is 0 Å². The highest BCUT2D eigenvalue weighted by Gasteiger charge is 2.46. The number of carbonyl (C=O) groups excluding carboxylic acids is 3. The first-order valence-corrected chi connectivity index (χ1v) is 11.0. The Morgan fingerprint density at radius 3 is 2.84 bits per heavy atom. The Kier molecular flexibility index (Phi) is 4.99. The van der Waals surface area contributed by atoms with Gasteiger partial charge in [0.05, 0.1) is 27.5 Å². The Balaban J connectivity index is 1.30. The van der Waals surface area contributed by atoms with Crippen LogP contribution in [0.15, 0.2) is 30.3 Å². The molecule has 11 heteroatoms. The first-order valence-electron chi connectivity index (χ1n) is 9.79. The average molecular weight is 463 g/mol. The minimum Gasteiger partial charge on any atom is -0.489 e. The molecule has 3 aliphatic heterocycles. The van der Waals surface area contributed by atoms with Gasteiger partial charge >= 0.3 is 6.09 Å². The third-order valence-electron chi connectivity index (χ3n) is 5.64. The minimum atomic E-state index is -0.558. The maximum Gasteiger partial charge on any atom is 0.415 e. The molecule has 2 saturated heterocycles. The van der Waals surface area contributed by atoms with Crippen LogP contribution in [0.5, 0.6) is 5.75 Å². The summed E-state index contributed by atoms with van der Waals surface area (Å²) in [7, 11) is 0. The molecular weight excluding hydrogens is 444 g/mol. The number of anilines is 2. The summed E-state index contributed by atoms with van der Waals surface area (Å²) in [6.45, 7) is 0.906. The van der Waals surface area contributed by atoms with Crippen LogP contribution in [-0.2, 0) is 9.53 Å². The number of fused-ring (bicyclic) bond motifs is 3. The molecule has 1 aromatic heterocycles. The maximum atomic E-state index is 12.6. The minimum absolute atomic E-state index is 0.128. The normalized spacial score (nSPS) is 24.5. The van der Waals surface area contributed by atoms with Crippen LogP contribution in [0, 0.1) is 0 Å². The van der Waals surface area contributed by atoms with Crippen molar-refractivity contribution in [1.82, 2.24) is 5.32 Å². The lowest BCUT2D eigenvalue weighted by Gasteiger charge is -2.32. The van der Waals surface area contributed by atoms with Gasteiger partial charge in [-0.05, 0) is 30.7 Å². The molecular formula is C20H19ClN4O5S. The largest absolute Gasteiger partial charge is 0.489 e. The Labute approximate surface area is 186 Å². The fourth-order valence-corrected chi connectivity index (χ4v) is 5.00. The van der Waals surface area contributed by atoms with Crippen LogP contribution in [0.4, 0.5) is 16.2 Å². The van der Waals surface area contributed by atoms with E-state index in [4.69, 9.17) is 26.8 Å². The van der Waals surface area contributed by atoms with Crippen molar-refractivity contribution in [3.05, 3.63) is 39.5 Å². The fraction of sp³-hybridized carbons (Fsp3) is 0.350. The lowest BCUT2D eigenvalue weighted by molar-refractivity contribution is -0.118. The summed E-state index contributed by atoms with van der Waals surface area (Å²) >= 11 is 7.05. The van der Waals surface area contributed by atoms with Crippen molar-refractivity contribution in [2.45, 2.75) is 24.6 Å². The van der Waals surface area contributed by atoms with E-state index < -0.39 is 18.2 Å². The van der Waals surface area contributed by atoms with Gasteiger partial charge in [-0.15, -0.1) is 11.3 Å². The summed E-state index contributed by atoms with van der Waals surface area (Å²) < 4.78 is 11.9. The van der Waals surface area contributed by atoms with Crippen molar-refractivity contribution in [3.63, 3.8) is 0 Å². The van der Waals surface area contributed by atoms with Crippen molar-refractivity contribution in [2.75, 3.05) is 29.5 Å². The van der Waals surface area contributed by atoms with Gasteiger partial charge in [0.1, 0.15) is 24.5 Å². The molecule has 0 spiro atoms. The van der Waals surface area contributed by atoms with E-state index in [1.165, 1.54) is 11.3 Å². The molecule has 0 aliphatic carbocycles. The molecule has 3 atom stereocenters. The number of carbonyl (C=O) groups is 3. The molecule has 5 rings (SSSR count). The molecule has 3 amide bonds. The van der Waals surface area contributed by atoms with E-state index in [9.17, 15) is 14.4 Å². The van der Waals surface area contributed by atoms with E-state index >= 15 is 0 Å². The summed E-state index contributed by atoms with van der Waals surface area (Å²) in [5.74, 6) is 0.0931. The van der Waals surface area contributed by atoms with E-state index in [-0.39, 0.29) is 31.0 Å². The number of hydrogen-bond donors (Lipinski definition) is 2. The zero-order chi connectivity index (χ0) is 21.7. The molecule has 0 saturated carbocycles. The summed E-state index contributed by atoms with van der Waals surface area (Å²) in [5.41, 5.74) is 7.06. The van der Waals surface area contributed by atoms with Crippen LogP contribution in [0.25, 0.3) is 0 Å². The number of nitrogens with one attached hydrogen (secondary N) is 1. The Bertz CT molecular complexity index is 1080. The highest BCUT2D eigenvalue weighted by molar-refractivity contribution is 7.18. The summed E-state index contributed by atoms with van der Waals surface area (Å²) in [6.07, 6.45) is -0.458. The first kappa shape index (κ1) is 20.1. The standard InChI is InChI=1S/C20H19ClN4O5S/c21-17-4-3-16(31-17)18(26)23-8-15-13-9-29-14-7-10(24-6-5-11(22)19(24)27)1-2-12(14)25(13)20(28)30-15/h1-4,7,11,13,15H,5-6,8-9,22H2,(H,23,26)/t11?,13-,15-/m0/s1. The number of thiophene rings is 1. The van der Waals surface area contributed by atoms with Gasteiger partial charge in [-0.25, -0.2) is 4.79 Å². The number of nitrogens with zero attached hydrogens (tertiary/aromatic N) is 2. The smallest absolute Gasteiger partial charge is 0.415 e. The Morgan fingerprint density at radius 1 is 1.29 bits per heavy atom. The number of nitrogens with two attached hydrogens (primary N) is 1. The predicted octanol–water partition coefficient (Wildman–Crippen LogP) is 1.98. The third-order valence-corrected chi connectivity index (χ3v) is 6.87. The number of hydrogen-bond acceptors (Lipinski definition) is 7. The molecule has 162 valence electrons. The third kappa shape index (κ3) is 3.50.